The summed E-state index contributed by atoms with van der Waals surface area (Å²) in [7, 11) is 0. The maximum absolute atomic E-state index is 12.7. The van der Waals surface area contributed by atoms with E-state index in [1.54, 1.807) is 4.90 Å². The van der Waals surface area contributed by atoms with E-state index in [0.29, 0.717) is 18.7 Å². The fourth-order valence-corrected chi connectivity index (χ4v) is 4.10. The summed E-state index contributed by atoms with van der Waals surface area (Å²) < 4.78 is 0. The quantitative estimate of drug-likeness (QED) is 0.880. The number of nitrogens with one attached hydrogen (secondary N) is 1. The maximum atomic E-state index is 12.7. The van der Waals surface area contributed by atoms with Gasteiger partial charge < -0.3 is 15.3 Å². The molecule has 1 heterocycles. The van der Waals surface area contributed by atoms with E-state index in [1.165, 1.54) is 0 Å². The van der Waals surface area contributed by atoms with Crippen LogP contribution in [0.2, 0.25) is 0 Å². The summed E-state index contributed by atoms with van der Waals surface area (Å²) in [5.41, 5.74) is 0.455. The predicted octanol–water partition coefficient (Wildman–Crippen LogP) is 2.21. The van der Waals surface area contributed by atoms with Gasteiger partial charge in [-0.05, 0) is 37.8 Å². The lowest BCUT2D eigenvalue weighted by Gasteiger charge is -2.35. The Kier molecular flexibility index (Phi) is 5.42. The van der Waals surface area contributed by atoms with E-state index in [4.69, 9.17) is 0 Å². The fraction of sp³-hybridized carbons (Fsp3) is 0.600. The molecule has 5 heteroatoms. The zero-order valence-electron chi connectivity index (χ0n) is 14.9. The van der Waals surface area contributed by atoms with Gasteiger partial charge in [0, 0.05) is 30.1 Å². The van der Waals surface area contributed by atoms with Crippen molar-refractivity contribution in [2.75, 3.05) is 19.7 Å². The number of aliphatic hydroxyl groups excluding tert-OH is 1. The Hall–Kier alpha value is -1.88. The Bertz CT molecular complexity index is 619. The molecule has 1 aromatic carbocycles. The van der Waals surface area contributed by atoms with Gasteiger partial charge in [0.25, 0.3) is 5.91 Å². The largest absolute Gasteiger partial charge is 0.396 e. The Labute approximate surface area is 149 Å². The Balaban J connectivity index is 1.61. The zero-order valence-corrected chi connectivity index (χ0v) is 14.9. The van der Waals surface area contributed by atoms with Crippen molar-refractivity contribution in [1.82, 2.24) is 10.2 Å². The average molecular weight is 344 g/mol. The van der Waals surface area contributed by atoms with Crippen molar-refractivity contribution in [3.63, 3.8) is 0 Å². The Morgan fingerprint density at radius 3 is 2.72 bits per heavy atom. The molecule has 1 saturated heterocycles. The van der Waals surface area contributed by atoms with Gasteiger partial charge in [-0.3, -0.25) is 9.59 Å². The number of nitrogens with zero attached hydrogens (tertiary/aromatic N) is 1. The number of rotatable bonds is 4. The van der Waals surface area contributed by atoms with Crippen LogP contribution in [0.4, 0.5) is 0 Å². The number of piperidine rings is 1. The van der Waals surface area contributed by atoms with Gasteiger partial charge in [0.2, 0.25) is 5.91 Å². The van der Waals surface area contributed by atoms with Gasteiger partial charge in [-0.15, -0.1) is 0 Å². The number of likely N-dealkylation sites (tertiary alicyclic amines) is 1. The topological polar surface area (TPSA) is 69.6 Å². The van der Waals surface area contributed by atoms with E-state index >= 15 is 0 Å². The first-order valence-electron chi connectivity index (χ1n) is 9.29. The van der Waals surface area contributed by atoms with E-state index in [1.807, 2.05) is 37.3 Å². The molecule has 2 aliphatic rings. The molecule has 3 atom stereocenters. The molecule has 0 aromatic heterocycles. The smallest absolute Gasteiger partial charge is 0.253 e. The lowest BCUT2D eigenvalue weighted by molar-refractivity contribution is -0.128. The van der Waals surface area contributed by atoms with Crippen LogP contribution in [0.5, 0.6) is 0 Å². The number of benzene rings is 1. The number of amides is 2. The summed E-state index contributed by atoms with van der Waals surface area (Å²) in [6, 6.07) is 9.27. The molecular formula is C20H28N2O3. The maximum Gasteiger partial charge on any atom is 0.253 e. The monoisotopic (exact) mass is 344 g/mol. The molecule has 0 radical (unpaired) electrons. The molecule has 136 valence electrons. The summed E-state index contributed by atoms with van der Waals surface area (Å²) in [5, 5.41) is 12.8. The number of carbonyl (C=O) groups is 2. The van der Waals surface area contributed by atoms with Crippen molar-refractivity contribution in [2.24, 2.45) is 11.3 Å². The predicted molar refractivity (Wildman–Crippen MR) is 96.0 cm³/mol. The standard InChI is InChI=1S/C20H28N2O3/c1-20(14-23)11-5-10-17(20)21-18(24)16-9-6-12-22(13-16)19(25)15-7-3-2-4-8-15/h2-4,7-8,16-17,23H,5-6,9-14H2,1H3,(H,21,24). The van der Waals surface area contributed by atoms with Gasteiger partial charge in [0.15, 0.2) is 0 Å². The second-order valence-corrected chi connectivity index (χ2v) is 7.72. The highest BCUT2D eigenvalue weighted by molar-refractivity contribution is 5.94. The molecule has 0 spiro atoms. The van der Waals surface area contributed by atoms with E-state index in [2.05, 4.69) is 5.32 Å². The molecule has 1 aliphatic carbocycles. The Morgan fingerprint density at radius 2 is 2.00 bits per heavy atom. The summed E-state index contributed by atoms with van der Waals surface area (Å²) in [6.45, 7) is 3.32. The molecule has 0 bridgehead atoms. The van der Waals surface area contributed by atoms with Crippen molar-refractivity contribution in [3.05, 3.63) is 35.9 Å². The first kappa shape index (κ1) is 17.9. The van der Waals surface area contributed by atoms with Crippen LogP contribution in [0.25, 0.3) is 0 Å². The first-order chi connectivity index (χ1) is 12.0. The van der Waals surface area contributed by atoms with Gasteiger partial charge in [0.1, 0.15) is 0 Å². The van der Waals surface area contributed by atoms with Crippen LogP contribution in [0.3, 0.4) is 0 Å². The van der Waals surface area contributed by atoms with Crippen LogP contribution < -0.4 is 5.32 Å². The highest BCUT2D eigenvalue weighted by atomic mass is 16.3. The molecule has 1 saturated carbocycles. The van der Waals surface area contributed by atoms with Gasteiger partial charge >= 0.3 is 0 Å². The van der Waals surface area contributed by atoms with Crippen LogP contribution in [0.15, 0.2) is 30.3 Å². The van der Waals surface area contributed by atoms with Crippen molar-refractivity contribution >= 4 is 11.8 Å². The van der Waals surface area contributed by atoms with Gasteiger partial charge in [-0.25, -0.2) is 0 Å². The minimum atomic E-state index is -0.218. The summed E-state index contributed by atoms with van der Waals surface area (Å²) in [6.07, 6.45) is 4.55. The minimum Gasteiger partial charge on any atom is -0.396 e. The van der Waals surface area contributed by atoms with Gasteiger partial charge in [-0.1, -0.05) is 31.5 Å². The summed E-state index contributed by atoms with van der Waals surface area (Å²) in [5.74, 6) is -0.138. The third-order valence-corrected chi connectivity index (χ3v) is 5.86. The summed E-state index contributed by atoms with van der Waals surface area (Å²) in [4.78, 5) is 27.1. The molecule has 2 fully saturated rings. The van der Waals surface area contributed by atoms with Crippen molar-refractivity contribution in [3.8, 4) is 0 Å². The van der Waals surface area contributed by atoms with Crippen LogP contribution in [-0.4, -0.2) is 47.6 Å². The van der Waals surface area contributed by atoms with E-state index < -0.39 is 0 Å². The molecule has 1 aliphatic heterocycles. The SMILES string of the molecule is CC1(CO)CCCC1NC(=O)C1CCCN(C(=O)c2ccccc2)C1. The highest BCUT2D eigenvalue weighted by Gasteiger charge is 2.40. The van der Waals surface area contributed by atoms with Gasteiger partial charge in [-0.2, -0.15) is 0 Å². The lowest BCUT2D eigenvalue weighted by atomic mass is 9.85. The molecule has 25 heavy (non-hydrogen) atoms. The van der Waals surface area contributed by atoms with Crippen molar-refractivity contribution < 1.29 is 14.7 Å². The number of hydrogen-bond donors (Lipinski definition) is 2. The number of aliphatic hydroxyl groups is 1. The normalized spacial score (nSPS) is 29.4. The second-order valence-electron chi connectivity index (χ2n) is 7.72. The van der Waals surface area contributed by atoms with Crippen molar-refractivity contribution in [2.45, 2.75) is 45.1 Å². The highest BCUT2D eigenvalue weighted by Crippen LogP contribution is 2.37. The molecule has 1 aromatic rings. The van der Waals surface area contributed by atoms with E-state index in [-0.39, 0.29) is 35.8 Å². The third-order valence-electron chi connectivity index (χ3n) is 5.86. The molecule has 2 N–H and O–H groups in total. The van der Waals surface area contributed by atoms with Crippen LogP contribution >= 0.6 is 0 Å². The molecular weight excluding hydrogens is 316 g/mol. The fourth-order valence-electron chi connectivity index (χ4n) is 4.10. The van der Waals surface area contributed by atoms with Crippen LogP contribution in [0.1, 0.15) is 49.4 Å². The summed E-state index contributed by atoms with van der Waals surface area (Å²) >= 11 is 0. The second kappa shape index (κ2) is 7.56. The molecule has 2 amide bonds. The minimum absolute atomic E-state index is 0.000775. The molecule has 3 rings (SSSR count). The van der Waals surface area contributed by atoms with Crippen molar-refractivity contribution in [1.29, 1.82) is 0 Å². The molecule has 3 unspecified atom stereocenters. The van der Waals surface area contributed by atoms with E-state index in [9.17, 15) is 14.7 Å². The number of carbonyl (C=O) groups excluding carboxylic acids is 2. The van der Waals surface area contributed by atoms with Crippen LogP contribution in [0, 0.1) is 11.3 Å². The first-order valence-corrected chi connectivity index (χ1v) is 9.29. The van der Waals surface area contributed by atoms with Crippen LogP contribution in [-0.2, 0) is 4.79 Å². The number of hydrogen-bond acceptors (Lipinski definition) is 3. The lowest BCUT2D eigenvalue weighted by Crippen LogP contribution is -2.50. The van der Waals surface area contributed by atoms with Gasteiger partial charge in [0.05, 0.1) is 12.5 Å². The zero-order chi connectivity index (χ0) is 17.9. The Morgan fingerprint density at radius 1 is 1.24 bits per heavy atom. The van der Waals surface area contributed by atoms with E-state index in [0.717, 1.165) is 32.1 Å². The average Bonchev–Trinajstić information content (AvgIpc) is 3.03. The molecule has 5 nitrogen and oxygen atoms in total. The third kappa shape index (κ3) is 3.87.